The van der Waals surface area contributed by atoms with Crippen LogP contribution in [0.5, 0.6) is 5.75 Å². The molecule has 1 unspecified atom stereocenters. The number of carbonyl (C=O) groups is 2. The van der Waals surface area contributed by atoms with Gasteiger partial charge in [-0.15, -0.1) is 0 Å². The van der Waals surface area contributed by atoms with Crippen molar-refractivity contribution in [2.45, 2.75) is 20.5 Å². The third kappa shape index (κ3) is 5.37. The molecule has 0 fully saturated rings. The van der Waals surface area contributed by atoms with Crippen molar-refractivity contribution in [1.29, 1.82) is 0 Å². The molecule has 2 N–H and O–H groups in total. The summed E-state index contributed by atoms with van der Waals surface area (Å²) in [4.78, 5) is 22.8. The first-order valence-electron chi connectivity index (χ1n) is 6.37. The summed E-state index contributed by atoms with van der Waals surface area (Å²) in [6.45, 7) is 0.580. The van der Waals surface area contributed by atoms with E-state index in [-0.39, 0.29) is 23.8 Å². The van der Waals surface area contributed by atoms with Gasteiger partial charge in [0.15, 0.2) is 0 Å². The number of nitrogens with one attached hydrogen (secondary N) is 1. The summed E-state index contributed by atoms with van der Waals surface area (Å²) in [5, 5.41) is 11.5. The van der Waals surface area contributed by atoms with E-state index in [2.05, 4.69) is 10.1 Å². The average Bonchev–Trinajstić information content (AvgIpc) is 2.38. The number of amides is 1. The number of carbonyl (C=O) groups excluding carboxylic acids is 1. The van der Waals surface area contributed by atoms with Gasteiger partial charge in [0.2, 0.25) is 0 Å². The van der Waals surface area contributed by atoms with Gasteiger partial charge >= 0.3 is 12.6 Å². The Balaban J connectivity index is 2.61. The maximum absolute atomic E-state index is 12.0. The smallest absolute Gasteiger partial charge is 0.387 e. The number of benzene rings is 1. The second kappa shape index (κ2) is 7.56. The predicted octanol–water partition coefficient (Wildman–Crippen LogP) is 2.37. The third-order valence-corrected chi connectivity index (χ3v) is 2.95. The van der Waals surface area contributed by atoms with E-state index >= 15 is 0 Å². The maximum atomic E-state index is 12.0. The fourth-order valence-electron chi connectivity index (χ4n) is 1.70. The Kier molecular flexibility index (Phi) is 6.08. The lowest BCUT2D eigenvalue weighted by Crippen LogP contribution is -2.35. The Morgan fingerprint density at radius 2 is 1.81 bits per heavy atom. The summed E-state index contributed by atoms with van der Waals surface area (Å²) in [5.41, 5.74) is 0.240. The van der Waals surface area contributed by atoms with Crippen molar-refractivity contribution in [1.82, 2.24) is 5.32 Å². The molecule has 0 saturated heterocycles. The molecule has 0 heterocycles. The molecule has 0 radical (unpaired) electrons. The minimum absolute atomic E-state index is 0.00111. The zero-order chi connectivity index (χ0) is 16.0. The Labute approximate surface area is 120 Å². The molecule has 1 atom stereocenters. The highest BCUT2D eigenvalue weighted by molar-refractivity contribution is 5.94. The van der Waals surface area contributed by atoms with Crippen molar-refractivity contribution >= 4 is 11.9 Å². The zero-order valence-corrected chi connectivity index (χ0v) is 11.7. The van der Waals surface area contributed by atoms with E-state index in [0.717, 1.165) is 0 Å². The van der Waals surface area contributed by atoms with Gasteiger partial charge in [-0.05, 0) is 30.2 Å². The van der Waals surface area contributed by atoms with E-state index < -0.39 is 24.4 Å². The second-order valence-electron chi connectivity index (χ2n) is 4.80. The Bertz CT molecular complexity index is 488. The highest BCUT2D eigenvalue weighted by atomic mass is 19.3. The van der Waals surface area contributed by atoms with E-state index in [4.69, 9.17) is 5.11 Å². The number of hydrogen-bond donors (Lipinski definition) is 2. The number of carboxylic acids is 1. The number of hydrogen-bond acceptors (Lipinski definition) is 3. The molecule has 1 aromatic carbocycles. The largest absolute Gasteiger partial charge is 0.481 e. The number of carboxylic acid groups (broad SMARTS) is 1. The van der Waals surface area contributed by atoms with Gasteiger partial charge in [-0.1, -0.05) is 13.8 Å². The summed E-state index contributed by atoms with van der Waals surface area (Å²) < 4.78 is 28.1. The van der Waals surface area contributed by atoms with Crippen LogP contribution >= 0.6 is 0 Å². The predicted molar refractivity (Wildman–Crippen MR) is 71.4 cm³/mol. The first-order chi connectivity index (χ1) is 9.81. The Hall–Kier alpha value is -2.18. The SMILES string of the molecule is CC(C)C(CNC(=O)c1ccc(OC(F)F)cc1)C(=O)O. The molecule has 1 amide bonds. The number of alkyl halides is 2. The van der Waals surface area contributed by atoms with Crippen LogP contribution in [-0.4, -0.2) is 30.1 Å². The highest BCUT2D eigenvalue weighted by Crippen LogP contribution is 2.15. The zero-order valence-electron chi connectivity index (χ0n) is 11.7. The normalized spacial score (nSPS) is 12.3. The minimum atomic E-state index is -2.92. The van der Waals surface area contributed by atoms with E-state index in [1.165, 1.54) is 24.3 Å². The molecule has 116 valence electrons. The summed E-state index contributed by atoms with van der Waals surface area (Å²) >= 11 is 0. The second-order valence-corrected chi connectivity index (χ2v) is 4.80. The number of rotatable bonds is 7. The topological polar surface area (TPSA) is 75.6 Å². The van der Waals surface area contributed by atoms with Crippen LogP contribution in [-0.2, 0) is 4.79 Å². The van der Waals surface area contributed by atoms with Gasteiger partial charge in [0.05, 0.1) is 5.92 Å². The van der Waals surface area contributed by atoms with Crippen LogP contribution in [0, 0.1) is 11.8 Å². The first kappa shape index (κ1) is 16.9. The summed E-state index contributed by atoms with van der Waals surface area (Å²) in [6, 6.07) is 5.16. The van der Waals surface area contributed by atoms with Crippen molar-refractivity contribution in [3.05, 3.63) is 29.8 Å². The van der Waals surface area contributed by atoms with Crippen LogP contribution in [0.15, 0.2) is 24.3 Å². The van der Waals surface area contributed by atoms with E-state index in [0.29, 0.717) is 0 Å². The molecule has 1 rings (SSSR count). The molecule has 1 aromatic rings. The first-order valence-corrected chi connectivity index (χ1v) is 6.37. The lowest BCUT2D eigenvalue weighted by atomic mass is 9.96. The average molecular weight is 301 g/mol. The van der Waals surface area contributed by atoms with Crippen molar-refractivity contribution in [3.8, 4) is 5.75 Å². The number of ether oxygens (including phenoxy) is 1. The molecule has 7 heteroatoms. The molecule has 0 spiro atoms. The van der Waals surface area contributed by atoms with Crippen LogP contribution in [0.1, 0.15) is 24.2 Å². The van der Waals surface area contributed by atoms with Crippen LogP contribution in [0.4, 0.5) is 8.78 Å². The summed E-state index contributed by atoms with van der Waals surface area (Å²) in [7, 11) is 0. The molecule has 0 aliphatic heterocycles. The van der Waals surface area contributed by atoms with Crippen molar-refractivity contribution in [2.24, 2.45) is 11.8 Å². The fraction of sp³-hybridized carbons (Fsp3) is 0.429. The molecule has 0 aliphatic rings. The molecule has 21 heavy (non-hydrogen) atoms. The highest BCUT2D eigenvalue weighted by Gasteiger charge is 2.22. The molecule has 0 saturated carbocycles. The van der Waals surface area contributed by atoms with Crippen LogP contribution in [0.2, 0.25) is 0 Å². The maximum Gasteiger partial charge on any atom is 0.387 e. The van der Waals surface area contributed by atoms with Gasteiger partial charge < -0.3 is 15.2 Å². The van der Waals surface area contributed by atoms with E-state index in [1.807, 2.05) is 0 Å². The van der Waals surface area contributed by atoms with Crippen molar-refractivity contribution in [2.75, 3.05) is 6.54 Å². The van der Waals surface area contributed by atoms with Gasteiger partial charge in [-0.2, -0.15) is 8.78 Å². The fourth-order valence-corrected chi connectivity index (χ4v) is 1.70. The van der Waals surface area contributed by atoms with Gasteiger partial charge in [-0.3, -0.25) is 9.59 Å². The monoisotopic (exact) mass is 301 g/mol. The molecular weight excluding hydrogens is 284 g/mol. The van der Waals surface area contributed by atoms with Gasteiger partial charge in [-0.25, -0.2) is 0 Å². The standard InChI is InChI=1S/C14H17F2NO4/c1-8(2)11(13(19)20)7-17-12(18)9-3-5-10(6-4-9)21-14(15)16/h3-6,8,11,14H,7H2,1-2H3,(H,17,18)(H,19,20). The number of halogens is 2. The van der Waals surface area contributed by atoms with Crippen LogP contribution in [0.25, 0.3) is 0 Å². The quantitative estimate of drug-likeness (QED) is 0.810. The van der Waals surface area contributed by atoms with Crippen molar-refractivity contribution in [3.63, 3.8) is 0 Å². The Morgan fingerprint density at radius 3 is 2.24 bits per heavy atom. The van der Waals surface area contributed by atoms with Crippen LogP contribution < -0.4 is 10.1 Å². The summed E-state index contributed by atoms with van der Waals surface area (Å²) in [6.07, 6.45) is 0. The number of aliphatic carboxylic acids is 1. The third-order valence-electron chi connectivity index (χ3n) is 2.95. The van der Waals surface area contributed by atoms with Crippen molar-refractivity contribution < 1.29 is 28.2 Å². The molecule has 0 bridgehead atoms. The summed E-state index contributed by atoms with van der Waals surface area (Å²) in [5.74, 6) is -2.30. The minimum Gasteiger partial charge on any atom is -0.481 e. The van der Waals surface area contributed by atoms with Gasteiger partial charge in [0.25, 0.3) is 5.91 Å². The molecule has 0 aromatic heterocycles. The van der Waals surface area contributed by atoms with E-state index in [1.54, 1.807) is 13.8 Å². The lowest BCUT2D eigenvalue weighted by Gasteiger charge is -2.16. The van der Waals surface area contributed by atoms with Crippen LogP contribution in [0.3, 0.4) is 0 Å². The Morgan fingerprint density at radius 1 is 1.24 bits per heavy atom. The molecular formula is C14H17F2NO4. The molecule has 5 nitrogen and oxygen atoms in total. The van der Waals surface area contributed by atoms with Gasteiger partial charge in [0.1, 0.15) is 5.75 Å². The van der Waals surface area contributed by atoms with Gasteiger partial charge in [0, 0.05) is 12.1 Å². The molecule has 0 aliphatic carbocycles. The van der Waals surface area contributed by atoms with E-state index in [9.17, 15) is 18.4 Å². The lowest BCUT2D eigenvalue weighted by molar-refractivity contribution is -0.142.